The molecule has 0 spiro atoms. The minimum atomic E-state index is -1.30. The van der Waals surface area contributed by atoms with Gasteiger partial charge in [0, 0.05) is 29.9 Å². The highest BCUT2D eigenvalue weighted by molar-refractivity contribution is 6.10. The molecule has 2 aromatic carbocycles. The van der Waals surface area contributed by atoms with Gasteiger partial charge in [0.15, 0.2) is 17.3 Å². The third-order valence-electron chi connectivity index (χ3n) is 6.78. The van der Waals surface area contributed by atoms with E-state index >= 15 is 0 Å². The molecule has 3 aliphatic heterocycles. The van der Waals surface area contributed by atoms with E-state index in [9.17, 15) is 14.4 Å². The number of allylic oxidation sites excluding steroid dienone is 1. The lowest BCUT2D eigenvalue weighted by molar-refractivity contribution is -0.133. The molecule has 1 atom stereocenters. The van der Waals surface area contributed by atoms with Gasteiger partial charge in [-0.05, 0) is 36.2 Å². The predicted molar refractivity (Wildman–Crippen MR) is 121 cm³/mol. The second-order valence-electron chi connectivity index (χ2n) is 9.21. The molecule has 0 radical (unpaired) electrons. The standard InChI is InChI=1S/C25H25N3O5/c1-24(2)17-7-5-6-8-18(17)27(4)21(24)12-16(29)13-28-22(30)25(3,26-23(28)31)15-9-10-19-20(11-15)33-14-32-19/h5-12H,13-14H2,1-4H3,(H,26,31)/b21-12-/t25-/m1/s1. The number of hydrogen-bond acceptors (Lipinski definition) is 6. The number of rotatable bonds is 4. The largest absolute Gasteiger partial charge is 0.454 e. The van der Waals surface area contributed by atoms with Crippen LogP contribution in [0.2, 0.25) is 0 Å². The maximum Gasteiger partial charge on any atom is 0.325 e. The van der Waals surface area contributed by atoms with Gasteiger partial charge < -0.3 is 19.7 Å². The third kappa shape index (κ3) is 3.08. The average molecular weight is 447 g/mol. The van der Waals surface area contributed by atoms with Crippen LogP contribution in [0.1, 0.15) is 31.9 Å². The Bertz CT molecular complexity index is 1230. The van der Waals surface area contributed by atoms with E-state index in [0.29, 0.717) is 17.1 Å². The number of ether oxygens (including phenoxy) is 2. The van der Waals surface area contributed by atoms with Crippen molar-refractivity contribution in [2.75, 3.05) is 25.3 Å². The SMILES string of the molecule is CN1/C(=C\C(=O)CN2C(=O)N[C@](C)(c3ccc4c(c3)OCO4)C2=O)C(C)(C)c2ccccc21. The van der Waals surface area contributed by atoms with Gasteiger partial charge >= 0.3 is 6.03 Å². The Morgan fingerprint density at radius 2 is 1.82 bits per heavy atom. The number of benzene rings is 2. The van der Waals surface area contributed by atoms with Crippen LogP contribution in [0.25, 0.3) is 0 Å². The molecule has 170 valence electrons. The molecular weight excluding hydrogens is 422 g/mol. The van der Waals surface area contributed by atoms with E-state index in [1.165, 1.54) is 6.08 Å². The van der Waals surface area contributed by atoms with E-state index in [2.05, 4.69) is 19.2 Å². The number of hydrogen-bond donors (Lipinski definition) is 1. The smallest absolute Gasteiger partial charge is 0.325 e. The van der Waals surface area contributed by atoms with Gasteiger partial charge in [-0.3, -0.25) is 14.5 Å². The molecule has 1 saturated heterocycles. The minimum Gasteiger partial charge on any atom is -0.454 e. The number of carbonyl (C=O) groups excluding carboxylic acids is 3. The number of amides is 3. The van der Waals surface area contributed by atoms with Crippen molar-refractivity contribution in [3.05, 3.63) is 65.4 Å². The molecule has 8 nitrogen and oxygen atoms in total. The van der Waals surface area contributed by atoms with Crippen LogP contribution in [0.5, 0.6) is 11.5 Å². The molecule has 3 aliphatic rings. The highest BCUT2D eigenvalue weighted by atomic mass is 16.7. The lowest BCUT2D eigenvalue weighted by Crippen LogP contribution is -2.41. The maximum atomic E-state index is 13.3. The second-order valence-corrected chi connectivity index (χ2v) is 9.21. The van der Waals surface area contributed by atoms with Crippen LogP contribution in [0.15, 0.2) is 54.2 Å². The van der Waals surface area contributed by atoms with Gasteiger partial charge in [0.25, 0.3) is 5.91 Å². The quantitative estimate of drug-likeness (QED) is 0.573. The maximum absolute atomic E-state index is 13.3. The summed E-state index contributed by atoms with van der Waals surface area (Å²) in [6.07, 6.45) is 1.54. The fourth-order valence-corrected chi connectivity index (χ4v) is 4.86. The Balaban J connectivity index is 1.38. The monoisotopic (exact) mass is 447 g/mol. The summed E-state index contributed by atoms with van der Waals surface area (Å²) in [5.41, 5.74) is 1.86. The summed E-state index contributed by atoms with van der Waals surface area (Å²) >= 11 is 0. The van der Waals surface area contributed by atoms with Crippen LogP contribution in [-0.2, 0) is 20.5 Å². The first-order chi connectivity index (χ1) is 15.6. The number of fused-ring (bicyclic) bond motifs is 2. The van der Waals surface area contributed by atoms with Gasteiger partial charge in [0.1, 0.15) is 5.54 Å². The molecule has 1 N–H and O–H groups in total. The van der Waals surface area contributed by atoms with Gasteiger partial charge in [-0.2, -0.15) is 0 Å². The fourth-order valence-electron chi connectivity index (χ4n) is 4.86. The Kier molecular flexibility index (Phi) is 4.53. The Morgan fingerprint density at radius 1 is 1.09 bits per heavy atom. The van der Waals surface area contributed by atoms with Crippen LogP contribution in [-0.4, -0.2) is 43.0 Å². The number of ketones is 1. The topological polar surface area (TPSA) is 88.2 Å². The van der Waals surface area contributed by atoms with Crippen molar-refractivity contribution in [3.8, 4) is 11.5 Å². The summed E-state index contributed by atoms with van der Waals surface area (Å²) < 4.78 is 10.7. The molecule has 0 unspecified atom stereocenters. The van der Waals surface area contributed by atoms with Crippen molar-refractivity contribution < 1.29 is 23.9 Å². The number of likely N-dealkylation sites (N-methyl/N-ethyl adjacent to an activating group) is 1. The van der Waals surface area contributed by atoms with E-state index in [4.69, 9.17) is 9.47 Å². The summed E-state index contributed by atoms with van der Waals surface area (Å²) in [4.78, 5) is 41.9. The van der Waals surface area contributed by atoms with E-state index in [-0.39, 0.29) is 24.5 Å². The molecular formula is C25H25N3O5. The number of carbonyl (C=O) groups is 3. The lowest BCUT2D eigenvalue weighted by atomic mass is 9.83. The molecule has 8 heteroatoms. The van der Waals surface area contributed by atoms with Crippen molar-refractivity contribution in [2.45, 2.75) is 31.7 Å². The molecule has 0 aromatic heterocycles. The van der Waals surface area contributed by atoms with Gasteiger partial charge in [0.05, 0.1) is 6.54 Å². The summed E-state index contributed by atoms with van der Waals surface area (Å²) in [6, 6.07) is 12.5. The zero-order valence-electron chi connectivity index (χ0n) is 19.0. The summed E-state index contributed by atoms with van der Waals surface area (Å²) in [5, 5.41) is 2.73. The van der Waals surface area contributed by atoms with Crippen molar-refractivity contribution in [2.24, 2.45) is 0 Å². The highest BCUT2D eigenvalue weighted by Gasteiger charge is 2.50. The fraction of sp³-hybridized carbons (Fsp3) is 0.320. The number of para-hydroxylation sites is 1. The molecule has 0 aliphatic carbocycles. The molecule has 5 rings (SSSR count). The second kappa shape index (κ2) is 7.10. The summed E-state index contributed by atoms with van der Waals surface area (Å²) in [6.45, 7) is 5.50. The number of imide groups is 1. The first-order valence-corrected chi connectivity index (χ1v) is 10.8. The molecule has 3 heterocycles. The average Bonchev–Trinajstić information content (AvgIpc) is 3.40. The number of anilines is 1. The molecule has 33 heavy (non-hydrogen) atoms. The van der Waals surface area contributed by atoms with Crippen LogP contribution >= 0.6 is 0 Å². The molecule has 0 saturated carbocycles. The van der Waals surface area contributed by atoms with Gasteiger partial charge in [-0.25, -0.2) is 4.79 Å². The highest BCUT2D eigenvalue weighted by Crippen LogP contribution is 2.46. The van der Waals surface area contributed by atoms with E-state index in [1.807, 2.05) is 36.2 Å². The first kappa shape index (κ1) is 21.1. The third-order valence-corrected chi connectivity index (χ3v) is 6.78. The number of urea groups is 1. The zero-order valence-corrected chi connectivity index (χ0v) is 19.0. The predicted octanol–water partition coefficient (Wildman–Crippen LogP) is 3.06. The normalized spacial score (nSPS) is 23.8. The van der Waals surface area contributed by atoms with E-state index in [1.54, 1.807) is 25.1 Å². The van der Waals surface area contributed by atoms with E-state index < -0.39 is 17.5 Å². The zero-order chi connectivity index (χ0) is 23.5. The van der Waals surface area contributed by atoms with Gasteiger partial charge in [0.2, 0.25) is 6.79 Å². The van der Waals surface area contributed by atoms with Crippen molar-refractivity contribution >= 4 is 23.4 Å². The Labute approximate surface area is 191 Å². The Morgan fingerprint density at radius 3 is 2.58 bits per heavy atom. The summed E-state index contributed by atoms with van der Waals surface area (Å²) in [5.74, 6) is 0.291. The van der Waals surface area contributed by atoms with Gasteiger partial charge in [-0.1, -0.05) is 38.1 Å². The first-order valence-electron chi connectivity index (χ1n) is 10.8. The molecule has 2 aromatic rings. The number of nitrogens with zero attached hydrogens (tertiary/aromatic N) is 2. The minimum absolute atomic E-state index is 0.111. The van der Waals surface area contributed by atoms with Crippen molar-refractivity contribution in [1.82, 2.24) is 10.2 Å². The van der Waals surface area contributed by atoms with Crippen molar-refractivity contribution in [3.63, 3.8) is 0 Å². The van der Waals surface area contributed by atoms with Crippen LogP contribution in [0.3, 0.4) is 0 Å². The van der Waals surface area contributed by atoms with Crippen LogP contribution in [0, 0.1) is 0 Å². The van der Waals surface area contributed by atoms with E-state index in [0.717, 1.165) is 21.8 Å². The Hall–Kier alpha value is -3.81. The number of nitrogens with one attached hydrogen (secondary N) is 1. The molecule has 1 fully saturated rings. The lowest BCUT2D eigenvalue weighted by Gasteiger charge is -2.24. The van der Waals surface area contributed by atoms with Gasteiger partial charge in [-0.15, -0.1) is 0 Å². The molecule has 3 amide bonds. The van der Waals surface area contributed by atoms with Crippen molar-refractivity contribution in [1.29, 1.82) is 0 Å². The molecule has 0 bridgehead atoms. The summed E-state index contributed by atoms with van der Waals surface area (Å²) in [7, 11) is 1.91. The van der Waals surface area contributed by atoms with Crippen LogP contribution < -0.4 is 19.7 Å². The van der Waals surface area contributed by atoms with Crippen LogP contribution in [0.4, 0.5) is 10.5 Å².